The molecule has 0 fully saturated rings. The standard InChI is InChI=1S/C17H17Cl2FS/c1-10-7-12(13(18)9-14(10)20)17(19)16-8-11-5-3-2-4-6-15(11)21-16/h7-9,17H,2-6H2,1H3. The van der Waals surface area contributed by atoms with E-state index in [1.54, 1.807) is 24.3 Å². The minimum atomic E-state index is -0.297. The van der Waals surface area contributed by atoms with Crippen molar-refractivity contribution in [2.45, 2.75) is 44.4 Å². The molecule has 0 radical (unpaired) electrons. The lowest BCUT2D eigenvalue weighted by Crippen LogP contribution is -1.95. The Kier molecular flexibility index (Phi) is 4.58. The molecule has 1 atom stereocenters. The van der Waals surface area contributed by atoms with Crippen LogP contribution in [0.2, 0.25) is 5.02 Å². The van der Waals surface area contributed by atoms with Crippen molar-refractivity contribution in [2.24, 2.45) is 0 Å². The molecule has 1 heterocycles. The second-order valence-corrected chi connectivity index (χ2v) is 7.66. The molecule has 0 amide bonds. The van der Waals surface area contributed by atoms with E-state index in [1.807, 2.05) is 0 Å². The average molecular weight is 343 g/mol. The number of halogens is 3. The molecule has 0 N–H and O–H groups in total. The Bertz CT molecular complexity index is 640. The van der Waals surface area contributed by atoms with E-state index in [9.17, 15) is 4.39 Å². The van der Waals surface area contributed by atoms with E-state index in [2.05, 4.69) is 6.07 Å². The van der Waals surface area contributed by atoms with E-state index < -0.39 is 0 Å². The van der Waals surface area contributed by atoms with E-state index >= 15 is 0 Å². The molecule has 1 aliphatic rings. The maximum absolute atomic E-state index is 13.5. The Balaban J connectivity index is 1.95. The predicted molar refractivity (Wildman–Crippen MR) is 89.4 cm³/mol. The summed E-state index contributed by atoms with van der Waals surface area (Å²) in [6, 6.07) is 5.35. The first-order valence-corrected chi connectivity index (χ1v) is 8.90. The van der Waals surface area contributed by atoms with E-state index in [-0.39, 0.29) is 11.2 Å². The normalized spacial score (nSPS) is 16.4. The Morgan fingerprint density at radius 1 is 1.14 bits per heavy atom. The van der Waals surface area contributed by atoms with Gasteiger partial charge in [0.25, 0.3) is 0 Å². The summed E-state index contributed by atoms with van der Waals surface area (Å²) in [5.41, 5.74) is 2.82. The third kappa shape index (κ3) is 3.13. The third-order valence-corrected chi connectivity index (χ3v) is 6.30. The van der Waals surface area contributed by atoms with Crippen molar-refractivity contribution in [3.05, 3.63) is 55.5 Å². The predicted octanol–water partition coefficient (Wildman–Crippen LogP) is 6.45. The van der Waals surface area contributed by atoms with Gasteiger partial charge in [-0.2, -0.15) is 0 Å². The fourth-order valence-corrected chi connectivity index (χ4v) is 4.79. The van der Waals surface area contributed by atoms with Gasteiger partial charge in [-0.15, -0.1) is 22.9 Å². The van der Waals surface area contributed by atoms with Gasteiger partial charge in [-0.3, -0.25) is 0 Å². The van der Waals surface area contributed by atoms with Crippen molar-refractivity contribution in [2.75, 3.05) is 0 Å². The Morgan fingerprint density at radius 2 is 1.90 bits per heavy atom. The largest absolute Gasteiger partial charge is 0.207 e. The summed E-state index contributed by atoms with van der Waals surface area (Å²) >= 11 is 14.6. The fraction of sp³-hybridized carbons (Fsp3) is 0.412. The first kappa shape index (κ1) is 15.3. The number of benzene rings is 1. The lowest BCUT2D eigenvalue weighted by Gasteiger charge is -2.11. The number of hydrogen-bond donors (Lipinski definition) is 0. The first-order chi connectivity index (χ1) is 10.1. The second kappa shape index (κ2) is 6.28. The molecule has 0 spiro atoms. The quantitative estimate of drug-likeness (QED) is 0.434. The van der Waals surface area contributed by atoms with Crippen LogP contribution in [0.25, 0.3) is 0 Å². The monoisotopic (exact) mass is 342 g/mol. The minimum Gasteiger partial charge on any atom is -0.207 e. The molecule has 1 aliphatic carbocycles. The summed E-state index contributed by atoms with van der Waals surface area (Å²) < 4.78 is 13.5. The van der Waals surface area contributed by atoms with Crippen LogP contribution in [-0.4, -0.2) is 0 Å². The highest BCUT2D eigenvalue weighted by Crippen LogP contribution is 2.40. The van der Waals surface area contributed by atoms with Crippen molar-refractivity contribution in [1.82, 2.24) is 0 Å². The minimum absolute atomic E-state index is 0.283. The van der Waals surface area contributed by atoms with Gasteiger partial charge < -0.3 is 0 Å². The molecular weight excluding hydrogens is 326 g/mol. The van der Waals surface area contributed by atoms with Crippen LogP contribution in [0.3, 0.4) is 0 Å². The van der Waals surface area contributed by atoms with Crippen LogP contribution in [0.1, 0.15) is 51.1 Å². The van der Waals surface area contributed by atoms with E-state index in [0.29, 0.717) is 10.6 Å². The smallest absolute Gasteiger partial charge is 0.127 e. The Labute approximate surface area is 138 Å². The van der Waals surface area contributed by atoms with Crippen LogP contribution in [0.15, 0.2) is 18.2 Å². The van der Waals surface area contributed by atoms with Crippen molar-refractivity contribution in [3.63, 3.8) is 0 Å². The molecule has 1 aromatic carbocycles. The SMILES string of the molecule is Cc1cc(C(Cl)c2cc3c(s2)CCCCC3)c(Cl)cc1F. The molecule has 2 aromatic rings. The van der Waals surface area contributed by atoms with Crippen LogP contribution >= 0.6 is 34.5 Å². The summed E-state index contributed by atoms with van der Waals surface area (Å²) in [5.74, 6) is -0.283. The number of fused-ring (bicyclic) bond motifs is 1. The highest BCUT2D eigenvalue weighted by atomic mass is 35.5. The Morgan fingerprint density at radius 3 is 2.71 bits per heavy atom. The molecule has 1 aromatic heterocycles. The maximum atomic E-state index is 13.5. The number of thiophene rings is 1. The van der Waals surface area contributed by atoms with Crippen molar-refractivity contribution < 1.29 is 4.39 Å². The summed E-state index contributed by atoms with van der Waals surface area (Å²) in [6.45, 7) is 1.74. The maximum Gasteiger partial charge on any atom is 0.127 e. The number of rotatable bonds is 2. The van der Waals surface area contributed by atoms with Gasteiger partial charge >= 0.3 is 0 Å². The van der Waals surface area contributed by atoms with Crippen LogP contribution in [0.5, 0.6) is 0 Å². The molecule has 0 bridgehead atoms. The zero-order valence-electron chi connectivity index (χ0n) is 11.9. The Hall–Kier alpha value is -0.570. The lowest BCUT2D eigenvalue weighted by atomic mass is 10.1. The van der Waals surface area contributed by atoms with Gasteiger partial charge in [-0.25, -0.2) is 4.39 Å². The van der Waals surface area contributed by atoms with Gasteiger partial charge in [0.05, 0.1) is 5.38 Å². The van der Waals surface area contributed by atoms with Crippen molar-refractivity contribution in [3.8, 4) is 0 Å². The summed E-state index contributed by atoms with van der Waals surface area (Å²) in [6.07, 6.45) is 6.12. The van der Waals surface area contributed by atoms with Crippen LogP contribution in [0, 0.1) is 12.7 Å². The topological polar surface area (TPSA) is 0 Å². The van der Waals surface area contributed by atoms with Gasteiger partial charge in [0.2, 0.25) is 0 Å². The van der Waals surface area contributed by atoms with Crippen LogP contribution < -0.4 is 0 Å². The molecule has 0 nitrogen and oxygen atoms in total. The van der Waals surface area contributed by atoms with E-state index in [4.69, 9.17) is 23.2 Å². The highest BCUT2D eigenvalue weighted by molar-refractivity contribution is 7.12. The van der Waals surface area contributed by atoms with Gasteiger partial charge in [0.1, 0.15) is 5.82 Å². The zero-order valence-corrected chi connectivity index (χ0v) is 14.2. The molecule has 4 heteroatoms. The average Bonchev–Trinajstić information content (AvgIpc) is 2.73. The van der Waals surface area contributed by atoms with Gasteiger partial charge in [-0.1, -0.05) is 18.0 Å². The van der Waals surface area contributed by atoms with Gasteiger partial charge in [-0.05, 0) is 67.5 Å². The third-order valence-electron chi connectivity index (χ3n) is 4.07. The number of alkyl halides is 1. The first-order valence-electron chi connectivity index (χ1n) is 7.27. The highest BCUT2D eigenvalue weighted by Gasteiger charge is 2.21. The summed E-state index contributed by atoms with van der Waals surface area (Å²) in [7, 11) is 0. The van der Waals surface area contributed by atoms with Crippen LogP contribution in [0.4, 0.5) is 4.39 Å². The van der Waals surface area contributed by atoms with Crippen LogP contribution in [-0.2, 0) is 12.8 Å². The van der Waals surface area contributed by atoms with E-state index in [1.165, 1.54) is 35.8 Å². The lowest BCUT2D eigenvalue weighted by molar-refractivity contribution is 0.618. The molecule has 21 heavy (non-hydrogen) atoms. The molecular formula is C17H17Cl2FS. The summed E-state index contributed by atoms with van der Waals surface area (Å²) in [4.78, 5) is 2.58. The molecule has 0 saturated heterocycles. The van der Waals surface area contributed by atoms with Gasteiger partial charge in [0.15, 0.2) is 0 Å². The van der Waals surface area contributed by atoms with E-state index in [0.717, 1.165) is 23.3 Å². The number of aryl methyl sites for hydroxylation is 3. The molecule has 0 saturated carbocycles. The second-order valence-electron chi connectivity index (χ2n) is 5.64. The summed E-state index contributed by atoms with van der Waals surface area (Å²) in [5, 5.41) is 0.107. The molecule has 1 unspecified atom stereocenters. The van der Waals surface area contributed by atoms with Gasteiger partial charge in [0, 0.05) is 14.8 Å². The fourth-order valence-electron chi connectivity index (χ4n) is 2.84. The van der Waals surface area contributed by atoms with Crippen molar-refractivity contribution >= 4 is 34.5 Å². The molecule has 3 rings (SSSR count). The molecule has 112 valence electrons. The number of hydrogen-bond acceptors (Lipinski definition) is 1. The zero-order chi connectivity index (χ0) is 15.0. The van der Waals surface area contributed by atoms with Crippen molar-refractivity contribution in [1.29, 1.82) is 0 Å². The molecule has 0 aliphatic heterocycles.